The lowest BCUT2D eigenvalue weighted by Crippen LogP contribution is -2.20. The van der Waals surface area contributed by atoms with Crippen molar-refractivity contribution in [1.29, 1.82) is 0 Å². The molecule has 1 aromatic rings. The molecule has 0 fully saturated rings. The summed E-state index contributed by atoms with van der Waals surface area (Å²) in [6.45, 7) is 1.66. The first-order valence-electron chi connectivity index (χ1n) is 4.17. The van der Waals surface area contributed by atoms with Gasteiger partial charge in [0.25, 0.3) is 0 Å². The molecule has 0 amide bonds. The van der Waals surface area contributed by atoms with E-state index in [0.29, 0.717) is 0 Å². The number of rotatable bonds is 2. The minimum Gasteiger partial charge on any atom is -0.328 e. The summed E-state index contributed by atoms with van der Waals surface area (Å²) < 4.78 is 37.3. The highest BCUT2D eigenvalue weighted by molar-refractivity contribution is 5.26. The van der Waals surface area contributed by atoms with Gasteiger partial charge in [-0.05, 0) is 25.0 Å². The highest BCUT2D eigenvalue weighted by atomic mass is 19.4. The average molecular weight is 204 g/mol. The van der Waals surface area contributed by atoms with Crippen LogP contribution >= 0.6 is 0 Å². The molecule has 1 rings (SSSR count). The molecule has 0 aliphatic carbocycles. The van der Waals surface area contributed by atoms with Crippen molar-refractivity contribution in [3.63, 3.8) is 0 Å². The fraction of sp³-hybridized carbons (Fsp3) is 0.444. The molecule has 0 bridgehead atoms. The Bertz CT molecular complexity index is 307. The Morgan fingerprint density at radius 1 is 1.50 bits per heavy atom. The fourth-order valence-electron chi connectivity index (χ4n) is 1.21. The zero-order chi connectivity index (χ0) is 10.8. The lowest BCUT2D eigenvalue weighted by molar-refractivity contribution is -0.138. The van der Waals surface area contributed by atoms with Crippen molar-refractivity contribution >= 4 is 0 Å². The van der Waals surface area contributed by atoms with Gasteiger partial charge in [-0.2, -0.15) is 13.2 Å². The van der Waals surface area contributed by atoms with E-state index >= 15 is 0 Å². The normalized spacial score (nSPS) is 14.1. The number of nitrogens with two attached hydrogens (primary N) is 1. The summed E-state index contributed by atoms with van der Waals surface area (Å²) in [5.74, 6) is 0. The van der Waals surface area contributed by atoms with Gasteiger partial charge < -0.3 is 5.73 Å². The van der Waals surface area contributed by atoms with Gasteiger partial charge in [-0.3, -0.25) is 4.98 Å². The predicted octanol–water partition coefficient (Wildman–Crippen LogP) is 1.99. The summed E-state index contributed by atoms with van der Waals surface area (Å²) in [5, 5.41) is 0. The van der Waals surface area contributed by atoms with E-state index < -0.39 is 11.7 Å². The maximum absolute atomic E-state index is 12.4. The van der Waals surface area contributed by atoms with Gasteiger partial charge in [0, 0.05) is 18.4 Å². The zero-order valence-electron chi connectivity index (χ0n) is 7.67. The molecular weight excluding hydrogens is 193 g/mol. The van der Waals surface area contributed by atoms with E-state index in [0.717, 1.165) is 12.3 Å². The Hall–Kier alpha value is -1.10. The number of hydrogen-bond acceptors (Lipinski definition) is 2. The van der Waals surface area contributed by atoms with Crippen LogP contribution in [-0.2, 0) is 12.6 Å². The van der Waals surface area contributed by atoms with E-state index in [2.05, 4.69) is 4.98 Å². The van der Waals surface area contributed by atoms with Gasteiger partial charge in [-0.1, -0.05) is 0 Å². The number of alkyl halides is 3. The molecule has 0 saturated carbocycles. The third-order valence-corrected chi connectivity index (χ3v) is 1.75. The van der Waals surface area contributed by atoms with Crippen LogP contribution in [0.25, 0.3) is 0 Å². The molecule has 2 N–H and O–H groups in total. The van der Waals surface area contributed by atoms with Gasteiger partial charge in [0.2, 0.25) is 0 Å². The molecule has 0 aromatic carbocycles. The third kappa shape index (κ3) is 2.70. The lowest BCUT2D eigenvalue weighted by atomic mass is 10.0. The van der Waals surface area contributed by atoms with Crippen molar-refractivity contribution in [2.75, 3.05) is 0 Å². The molecule has 2 nitrogen and oxygen atoms in total. The van der Waals surface area contributed by atoms with Crippen LogP contribution in [0.1, 0.15) is 18.1 Å². The Morgan fingerprint density at radius 3 is 2.64 bits per heavy atom. The Labute approximate surface area is 79.9 Å². The van der Waals surface area contributed by atoms with E-state index in [4.69, 9.17) is 5.73 Å². The largest absolute Gasteiger partial charge is 0.416 e. The second kappa shape index (κ2) is 3.96. The van der Waals surface area contributed by atoms with E-state index in [-0.39, 0.29) is 18.0 Å². The number of hydrogen-bond donors (Lipinski definition) is 1. The maximum Gasteiger partial charge on any atom is 0.416 e. The minimum absolute atomic E-state index is 0.148. The average Bonchev–Trinajstić information content (AvgIpc) is 2.01. The monoisotopic (exact) mass is 204 g/mol. The van der Waals surface area contributed by atoms with Gasteiger partial charge in [0.05, 0.1) is 5.56 Å². The summed E-state index contributed by atoms with van der Waals surface area (Å²) in [6, 6.07) is 0.665. The van der Waals surface area contributed by atoms with Gasteiger partial charge >= 0.3 is 6.18 Å². The van der Waals surface area contributed by atoms with Crippen molar-refractivity contribution in [3.05, 3.63) is 29.6 Å². The predicted molar refractivity (Wildman–Crippen MR) is 46.6 cm³/mol. The Morgan fingerprint density at radius 2 is 2.14 bits per heavy atom. The van der Waals surface area contributed by atoms with Crippen LogP contribution in [0.5, 0.6) is 0 Å². The quantitative estimate of drug-likeness (QED) is 0.800. The number of pyridine rings is 1. The standard InChI is InChI=1S/C9H11F3N2/c1-6(13)4-7-5-14-3-2-8(7)9(10,11)12/h2-3,5-6H,4,13H2,1H3/t6-/m1/s1. The van der Waals surface area contributed by atoms with E-state index in [1.807, 2.05) is 0 Å². The highest BCUT2D eigenvalue weighted by Gasteiger charge is 2.33. The minimum atomic E-state index is -4.33. The molecule has 78 valence electrons. The Kier molecular flexibility index (Phi) is 3.10. The fourth-order valence-corrected chi connectivity index (χ4v) is 1.21. The number of aromatic nitrogens is 1. The SMILES string of the molecule is C[C@@H](N)Cc1cnccc1C(F)(F)F. The van der Waals surface area contributed by atoms with Crippen LogP contribution in [0.2, 0.25) is 0 Å². The first-order chi connectivity index (χ1) is 6.41. The van der Waals surface area contributed by atoms with Crippen LogP contribution in [-0.4, -0.2) is 11.0 Å². The van der Waals surface area contributed by atoms with Crippen molar-refractivity contribution < 1.29 is 13.2 Å². The molecule has 5 heteroatoms. The van der Waals surface area contributed by atoms with E-state index in [9.17, 15) is 13.2 Å². The summed E-state index contributed by atoms with van der Waals surface area (Å²) in [4.78, 5) is 3.66. The second-order valence-electron chi connectivity index (χ2n) is 3.21. The molecule has 1 atom stereocenters. The first kappa shape index (κ1) is 11.0. The van der Waals surface area contributed by atoms with Gasteiger partial charge in [-0.15, -0.1) is 0 Å². The second-order valence-corrected chi connectivity index (χ2v) is 3.21. The number of halogens is 3. The van der Waals surface area contributed by atoms with Crippen molar-refractivity contribution in [2.45, 2.75) is 25.6 Å². The third-order valence-electron chi connectivity index (χ3n) is 1.75. The number of nitrogens with zero attached hydrogens (tertiary/aromatic N) is 1. The molecule has 0 radical (unpaired) electrons. The van der Waals surface area contributed by atoms with Crippen LogP contribution in [0.15, 0.2) is 18.5 Å². The van der Waals surface area contributed by atoms with Gasteiger partial charge in [0.1, 0.15) is 0 Å². The molecule has 0 saturated heterocycles. The molecule has 0 aliphatic rings. The van der Waals surface area contributed by atoms with Crippen LogP contribution < -0.4 is 5.73 Å². The molecule has 0 spiro atoms. The summed E-state index contributed by atoms with van der Waals surface area (Å²) >= 11 is 0. The Balaban J connectivity index is 3.04. The summed E-state index contributed by atoms with van der Waals surface area (Å²) in [5.41, 5.74) is 4.94. The lowest BCUT2D eigenvalue weighted by Gasteiger charge is -2.13. The van der Waals surface area contributed by atoms with Crippen molar-refractivity contribution in [2.24, 2.45) is 5.73 Å². The topological polar surface area (TPSA) is 38.9 Å². The van der Waals surface area contributed by atoms with E-state index in [1.165, 1.54) is 6.20 Å². The molecule has 14 heavy (non-hydrogen) atoms. The summed E-state index contributed by atoms with van der Waals surface area (Å²) in [6.07, 6.45) is -1.80. The van der Waals surface area contributed by atoms with Crippen molar-refractivity contribution in [1.82, 2.24) is 4.98 Å². The van der Waals surface area contributed by atoms with Crippen LogP contribution in [0.4, 0.5) is 13.2 Å². The maximum atomic E-state index is 12.4. The summed E-state index contributed by atoms with van der Waals surface area (Å²) in [7, 11) is 0. The van der Waals surface area contributed by atoms with E-state index in [1.54, 1.807) is 6.92 Å². The molecule has 0 aliphatic heterocycles. The smallest absolute Gasteiger partial charge is 0.328 e. The van der Waals surface area contributed by atoms with Crippen LogP contribution in [0.3, 0.4) is 0 Å². The highest BCUT2D eigenvalue weighted by Crippen LogP contribution is 2.31. The van der Waals surface area contributed by atoms with Gasteiger partial charge in [-0.25, -0.2) is 0 Å². The van der Waals surface area contributed by atoms with Gasteiger partial charge in [0.15, 0.2) is 0 Å². The van der Waals surface area contributed by atoms with Crippen LogP contribution in [0, 0.1) is 0 Å². The molecular formula is C9H11F3N2. The van der Waals surface area contributed by atoms with Crippen molar-refractivity contribution in [3.8, 4) is 0 Å². The molecule has 1 aromatic heterocycles. The molecule has 0 unspecified atom stereocenters. The zero-order valence-corrected chi connectivity index (χ0v) is 7.67. The molecule has 1 heterocycles. The first-order valence-corrected chi connectivity index (χ1v) is 4.17.